The van der Waals surface area contributed by atoms with Crippen LogP contribution in [0.3, 0.4) is 0 Å². The van der Waals surface area contributed by atoms with E-state index in [1.165, 1.54) is 4.90 Å². The minimum atomic E-state index is -0.735. The van der Waals surface area contributed by atoms with Crippen molar-refractivity contribution in [3.05, 3.63) is 65.5 Å². The first-order chi connectivity index (χ1) is 14.8. The van der Waals surface area contributed by atoms with Gasteiger partial charge < -0.3 is 19.6 Å². The third-order valence-electron chi connectivity index (χ3n) is 5.10. The number of aromatic nitrogens is 1. The normalized spacial score (nSPS) is 18.3. The molecule has 1 aliphatic rings. The minimum absolute atomic E-state index is 0.0131. The van der Waals surface area contributed by atoms with Crippen molar-refractivity contribution in [1.82, 2.24) is 9.88 Å². The number of amides is 1. The molecule has 1 aromatic heterocycles. The van der Waals surface area contributed by atoms with Gasteiger partial charge in [0.2, 0.25) is 5.78 Å². The standard InChI is InChI=1S/C24H29N3O4/c1-16(2)15-31-19-7-5-18(6-8-19)22(28)20-21(17-9-11-25-12-10-17)27(14-13-26(3)4)24(30)23(20)29/h5-12,16,21,28H,13-15H2,1-4H3/b22-20+. The van der Waals surface area contributed by atoms with Crippen molar-refractivity contribution in [2.24, 2.45) is 5.92 Å². The van der Waals surface area contributed by atoms with Gasteiger partial charge in [-0.05, 0) is 41.3 Å². The van der Waals surface area contributed by atoms with Gasteiger partial charge in [-0.3, -0.25) is 14.6 Å². The maximum absolute atomic E-state index is 13.3. The highest BCUT2D eigenvalue weighted by Gasteiger charge is 2.44. The Kier molecular flexibility index (Phi) is 7.07. The van der Waals surface area contributed by atoms with Crippen LogP contribution in [0.1, 0.15) is 31.0 Å². The van der Waals surface area contributed by atoms with Crippen molar-refractivity contribution in [2.75, 3.05) is 33.8 Å². The van der Waals surface area contributed by atoms with Crippen LogP contribution in [0.4, 0.5) is 0 Å². The van der Waals surface area contributed by atoms with Crippen molar-refractivity contribution < 1.29 is 24.3 Å². The van der Waals surface area contributed by atoms with Crippen molar-refractivity contribution in [1.29, 1.82) is 0 Å². The van der Waals surface area contributed by atoms with Gasteiger partial charge >= 0.3 is 0 Å². The summed E-state index contributed by atoms with van der Waals surface area (Å²) in [6.45, 7) is 5.72. The molecule has 0 bridgehead atoms. The van der Waals surface area contributed by atoms with Crippen LogP contribution in [0.2, 0.25) is 0 Å². The molecule has 1 fully saturated rings. The van der Waals surface area contributed by atoms with E-state index in [2.05, 4.69) is 18.8 Å². The molecule has 3 rings (SSSR count). The van der Waals surface area contributed by atoms with E-state index in [1.807, 2.05) is 14.1 Å². The highest BCUT2D eigenvalue weighted by atomic mass is 16.5. The second-order valence-corrected chi connectivity index (χ2v) is 8.44. The summed E-state index contributed by atoms with van der Waals surface area (Å²) in [5, 5.41) is 13.3. The average Bonchev–Trinajstić information content (AvgIpc) is 3.01. The SMILES string of the molecule is CC(C)COc1ccc(/C([O-])=C2\C(=O)C(=O)N(CC[NH+](C)C)C2c2ccncc2)cc1. The van der Waals surface area contributed by atoms with E-state index in [0.29, 0.717) is 42.5 Å². The molecule has 7 nitrogen and oxygen atoms in total. The molecule has 2 aromatic rings. The van der Waals surface area contributed by atoms with E-state index in [1.54, 1.807) is 48.8 Å². The van der Waals surface area contributed by atoms with Gasteiger partial charge in [0.15, 0.2) is 0 Å². The van der Waals surface area contributed by atoms with Crippen LogP contribution in [0.25, 0.3) is 5.76 Å². The van der Waals surface area contributed by atoms with E-state index >= 15 is 0 Å². The summed E-state index contributed by atoms with van der Waals surface area (Å²) in [6, 6.07) is 9.46. The molecule has 1 amide bonds. The number of rotatable bonds is 8. The number of hydrogen-bond donors (Lipinski definition) is 1. The molecule has 164 valence electrons. The van der Waals surface area contributed by atoms with Gasteiger partial charge in [-0.1, -0.05) is 31.7 Å². The Balaban J connectivity index is 2.00. The van der Waals surface area contributed by atoms with Crippen molar-refractivity contribution in [3.8, 4) is 5.75 Å². The number of carbonyl (C=O) groups excluding carboxylic acids is 2. The molecule has 31 heavy (non-hydrogen) atoms. The summed E-state index contributed by atoms with van der Waals surface area (Å²) in [5.41, 5.74) is 1.04. The Labute approximate surface area is 183 Å². The van der Waals surface area contributed by atoms with E-state index < -0.39 is 23.5 Å². The van der Waals surface area contributed by atoms with Crippen LogP contribution >= 0.6 is 0 Å². The second kappa shape index (κ2) is 9.75. The quantitative estimate of drug-likeness (QED) is 0.379. The van der Waals surface area contributed by atoms with E-state index in [4.69, 9.17) is 4.74 Å². The van der Waals surface area contributed by atoms with Crippen LogP contribution in [-0.4, -0.2) is 55.4 Å². The summed E-state index contributed by atoms with van der Waals surface area (Å²) in [7, 11) is 3.95. The smallest absolute Gasteiger partial charge is 0.295 e. The molecule has 0 radical (unpaired) electrons. The summed E-state index contributed by atoms with van der Waals surface area (Å²) >= 11 is 0. The first-order valence-corrected chi connectivity index (χ1v) is 10.5. The molecule has 0 aliphatic carbocycles. The maximum Gasteiger partial charge on any atom is 0.295 e. The van der Waals surface area contributed by atoms with Crippen LogP contribution in [0.15, 0.2) is 54.4 Å². The van der Waals surface area contributed by atoms with E-state index in [-0.39, 0.29) is 5.57 Å². The molecule has 1 aromatic carbocycles. The predicted octanol–water partition coefficient (Wildman–Crippen LogP) is 0.485. The minimum Gasteiger partial charge on any atom is -0.872 e. The van der Waals surface area contributed by atoms with Crippen LogP contribution in [0.5, 0.6) is 5.75 Å². The Hall–Kier alpha value is -3.19. The fourth-order valence-corrected chi connectivity index (χ4v) is 3.46. The molecule has 2 heterocycles. The van der Waals surface area contributed by atoms with Crippen LogP contribution in [0, 0.1) is 5.92 Å². The second-order valence-electron chi connectivity index (χ2n) is 8.44. The summed E-state index contributed by atoms with van der Waals surface area (Å²) in [5.74, 6) is -0.764. The molecule has 1 saturated heterocycles. The van der Waals surface area contributed by atoms with Crippen molar-refractivity contribution in [2.45, 2.75) is 19.9 Å². The monoisotopic (exact) mass is 423 g/mol. The van der Waals surface area contributed by atoms with Gasteiger partial charge in [-0.2, -0.15) is 0 Å². The van der Waals surface area contributed by atoms with Gasteiger partial charge in [-0.15, -0.1) is 0 Å². The number of pyridine rings is 1. The molecule has 7 heteroatoms. The van der Waals surface area contributed by atoms with Gasteiger partial charge in [0.25, 0.3) is 5.91 Å². The zero-order valence-electron chi connectivity index (χ0n) is 18.4. The topological polar surface area (TPSA) is 87.0 Å². The van der Waals surface area contributed by atoms with Crippen LogP contribution < -0.4 is 14.7 Å². The lowest BCUT2D eigenvalue weighted by molar-refractivity contribution is -0.857. The zero-order valence-corrected chi connectivity index (χ0v) is 18.4. The van der Waals surface area contributed by atoms with Gasteiger partial charge in [0.1, 0.15) is 5.75 Å². The molecule has 0 spiro atoms. The lowest BCUT2D eigenvalue weighted by Crippen LogP contribution is -3.06. The third-order valence-corrected chi connectivity index (χ3v) is 5.10. The summed E-state index contributed by atoms with van der Waals surface area (Å²) in [4.78, 5) is 32.4. The van der Waals surface area contributed by atoms with Crippen molar-refractivity contribution >= 4 is 17.4 Å². The largest absolute Gasteiger partial charge is 0.872 e. The first-order valence-electron chi connectivity index (χ1n) is 10.5. The molecular formula is C24H29N3O4. The molecule has 1 aliphatic heterocycles. The average molecular weight is 424 g/mol. The lowest BCUT2D eigenvalue weighted by Gasteiger charge is -2.27. The summed E-state index contributed by atoms with van der Waals surface area (Å²) in [6.07, 6.45) is 3.20. The van der Waals surface area contributed by atoms with Gasteiger partial charge in [0.05, 0.1) is 39.8 Å². The Morgan fingerprint density at radius 2 is 1.77 bits per heavy atom. The molecule has 1 N–H and O–H groups in total. The Bertz CT molecular complexity index is 953. The number of ether oxygens (including phenoxy) is 1. The molecule has 1 atom stereocenters. The van der Waals surface area contributed by atoms with E-state index in [9.17, 15) is 14.7 Å². The number of nitrogens with one attached hydrogen (secondary N) is 1. The fourth-order valence-electron chi connectivity index (χ4n) is 3.46. The number of quaternary nitrogens is 1. The number of benzene rings is 1. The lowest BCUT2D eigenvalue weighted by atomic mass is 9.96. The maximum atomic E-state index is 13.3. The number of likely N-dealkylation sites (N-methyl/N-ethyl adjacent to an activating group) is 1. The van der Waals surface area contributed by atoms with Gasteiger partial charge in [-0.25, -0.2) is 0 Å². The number of carbonyl (C=O) groups is 2. The number of Topliss-reactive ketones (excluding diaryl/α,β-unsaturated/α-hetero) is 1. The number of ketones is 1. The Morgan fingerprint density at radius 1 is 1.13 bits per heavy atom. The molecular weight excluding hydrogens is 394 g/mol. The highest BCUT2D eigenvalue weighted by Crippen LogP contribution is 2.38. The highest BCUT2D eigenvalue weighted by molar-refractivity contribution is 6.46. The number of hydrogen-bond acceptors (Lipinski definition) is 5. The van der Waals surface area contributed by atoms with Crippen molar-refractivity contribution in [3.63, 3.8) is 0 Å². The third kappa shape index (κ3) is 5.11. The fraction of sp³-hybridized carbons (Fsp3) is 0.375. The summed E-state index contributed by atoms with van der Waals surface area (Å²) < 4.78 is 5.67. The molecule has 1 unspecified atom stereocenters. The molecule has 0 saturated carbocycles. The Morgan fingerprint density at radius 3 is 2.35 bits per heavy atom. The number of likely N-dealkylation sites (tertiary alicyclic amines) is 1. The zero-order chi connectivity index (χ0) is 22.5. The predicted molar refractivity (Wildman–Crippen MR) is 115 cm³/mol. The van der Waals surface area contributed by atoms with Gasteiger partial charge in [0, 0.05) is 18.0 Å². The first kappa shape index (κ1) is 22.5. The number of nitrogens with zero attached hydrogens (tertiary/aromatic N) is 2. The van der Waals surface area contributed by atoms with Crippen LogP contribution in [-0.2, 0) is 9.59 Å². The van der Waals surface area contributed by atoms with E-state index in [0.717, 1.165) is 4.90 Å².